The molecule has 0 radical (unpaired) electrons. The Kier molecular flexibility index (Phi) is 3.87. The maximum atomic E-state index is 6.03. The van der Waals surface area contributed by atoms with E-state index in [0.29, 0.717) is 16.7 Å². The fourth-order valence-corrected chi connectivity index (χ4v) is 2.15. The van der Waals surface area contributed by atoms with Crippen molar-refractivity contribution in [2.75, 3.05) is 13.1 Å². The molecule has 0 spiro atoms. The van der Waals surface area contributed by atoms with Crippen LogP contribution in [-0.2, 0) is 11.3 Å². The lowest BCUT2D eigenvalue weighted by Crippen LogP contribution is -2.16. The van der Waals surface area contributed by atoms with Crippen LogP contribution in [0.1, 0.15) is 12.0 Å². The Labute approximate surface area is 99.5 Å². The molecule has 1 aliphatic heterocycles. The molecule has 1 saturated heterocycles. The number of rotatable bonds is 3. The molecule has 0 aliphatic carbocycles. The van der Waals surface area contributed by atoms with Crippen LogP contribution in [-0.4, -0.2) is 19.2 Å². The lowest BCUT2D eigenvalue weighted by atomic mass is 10.2. The summed E-state index contributed by atoms with van der Waals surface area (Å²) in [7, 11) is 0. The van der Waals surface area contributed by atoms with Gasteiger partial charge >= 0.3 is 0 Å². The number of benzene rings is 1. The predicted molar refractivity (Wildman–Crippen MR) is 62.5 cm³/mol. The van der Waals surface area contributed by atoms with Gasteiger partial charge in [-0.3, -0.25) is 0 Å². The summed E-state index contributed by atoms with van der Waals surface area (Å²) in [5.74, 6) is 0. The van der Waals surface area contributed by atoms with Gasteiger partial charge in [-0.25, -0.2) is 0 Å². The summed E-state index contributed by atoms with van der Waals surface area (Å²) >= 11 is 12.1. The number of ether oxygens (including phenoxy) is 1. The summed E-state index contributed by atoms with van der Waals surface area (Å²) in [6.07, 6.45) is 1.35. The fraction of sp³-hybridized carbons (Fsp3) is 0.455. The Morgan fingerprint density at radius 3 is 2.67 bits per heavy atom. The van der Waals surface area contributed by atoms with Gasteiger partial charge in [0.2, 0.25) is 0 Å². The summed E-state index contributed by atoms with van der Waals surface area (Å²) in [6, 6.07) is 5.50. The molecule has 0 unspecified atom stereocenters. The van der Waals surface area contributed by atoms with Gasteiger partial charge < -0.3 is 10.1 Å². The third-order valence-electron chi connectivity index (χ3n) is 2.54. The van der Waals surface area contributed by atoms with Crippen LogP contribution in [0, 0.1) is 0 Å². The maximum absolute atomic E-state index is 6.03. The third kappa shape index (κ3) is 2.85. The van der Waals surface area contributed by atoms with Crippen LogP contribution in [0.5, 0.6) is 0 Å². The molecule has 0 aromatic heterocycles. The molecule has 1 heterocycles. The normalized spacial score (nSPS) is 20.8. The first-order valence-electron chi connectivity index (χ1n) is 5.02. The molecular formula is C11H13Cl2NO. The zero-order valence-corrected chi connectivity index (χ0v) is 9.81. The molecule has 0 saturated carbocycles. The lowest BCUT2D eigenvalue weighted by molar-refractivity contribution is 0.0543. The van der Waals surface area contributed by atoms with E-state index in [2.05, 4.69) is 5.32 Å². The first kappa shape index (κ1) is 11.2. The highest BCUT2D eigenvalue weighted by atomic mass is 35.5. The molecule has 82 valence electrons. The van der Waals surface area contributed by atoms with Crippen molar-refractivity contribution in [3.05, 3.63) is 33.8 Å². The third-order valence-corrected chi connectivity index (χ3v) is 3.25. The SMILES string of the molecule is Clc1cccc(Cl)c1CO[C@@H]1CCNC1. The average Bonchev–Trinajstić information content (AvgIpc) is 2.70. The zero-order chi connectivity index (χ0) is 10.7. The first-order chi connectivity index (χ1) is 7.27. The molecule has 1 aromatic carbocycles. The van der Waals surface area contributed by atoms with Crippen molar-refractivity contribution in [2.24, 2.45) is 0 Å². The summed E-state index contributed by atoms with van der Waals surface area (Å²) in [5, 5.41) is 4.60. The fourth-order valence-electron chi connectivity index (χ4n) is 1.64. The number of hydrogen-bond acceptors (Lipinski definition) is 2. The molecule has 0 amide bonds. The Bertz CT molecular complexity index is 317. The highest BCUT2D eigenvalue weighted by Gasteiger charge is 2.15. The van der Waals surface area contributed by atoms with Crippen LogP contribution in [0.25, 0.3) is 0 Å². The summed E-state index contributed by atoms with van der Waals surface area (Å²) in [4.78, 5) is 0. The lowest BCUT2D eigenvalue weighted by Gasteiger charge is -2.12. The van der Waals surface area contributed by atoms with Crippen molar-refractivity contribution in [1.82, 2.24) is 5.32 Å². The smallest absolute Gasteiger partial charge is 0.0750 e. The van der Waals surface area contributed by atoms with Gasteiger partial charge in [0.15, 0.2) is 0 Å². The van der Waals surface area contributed by atoms with Crippen LogP contribution < -0.4 is 5.32 Å². The number of halogens is 2. The van der Waals surface area contributed by atoms with Crippen molar-refractivity contribution < 1.29 is 4.74 Å². The van der Waals surface area contributed by atoms with Gasteiger partial charge in [-0.15, -0.1) is 0 Å². The molecule has 1 N–H and O–H groups in total. The monoisotopic (exact) mass is 245 g/mol. The predicted octanol–water partition coefficient (Wildman–Crippen LogP) is 2.87. The van der Waals surface area contributed by atoms with E-state index in [1.54, 1.807) is 0 Å². The molecule has 0 bridgehead atoms. The van der Waals surface area contributed by atoms with Gasteiger partial charge in [-0.1, -0.05) is 29.3 Å². The van der Waals surface area contributed by atoms with Gasteiger partial charge in [-0.2, -0.15) is 0 Å². The Balaban J connectivity index is 1.97. The zero-order valence-electron chi connectivity index (χ0n) is 8.30. The van der Waals surface area contributed by atoms with Crippen molar-refractivity contribution in [3.8, 4) is 0 Å². The summed E-state index contributed by atoms with van der Waals surface area (Å²) in [6.45, 7) is 2.44. The molecule has 1 aliphatic rings. The highest BCUT2D eigenvalue weighted by molar-refractivity contribution is 6.35. The van der Waals surface area contributed by atoms with Gasteiger partial charge in [0.05, 0.1) is 12.7 Å². The minimum absolute atomic E-state index is 0.289. The molecule has 1 fully saturated rings. The molecular weight excluding hydrogens is 233 g/mol. The molecule has 1 atom stereocenters. The van der Waals surface area contributed by atoms with E-state index in [4.69, 9.17) is 27.9 Å². The van der Waals surface area contributed by atoms with Gasteiger partial charge in [0.1, 0.15) is 0 Å². The van der Waals surface area contributed by atoms with Gasteiger partial charge in [0, 0.05) is 22.2 Å². The van der Waals surface area contributed by atoms with E-state index in [9.17, 15) is 0 Å². The second kappa shape index (κ2) is 5.17. The van der Waals surface area contributed by atoms with Crippen LogP contribution >= 0.6 is 23.2 Å². The Morgan fingerprint density at radius 1 is 1.33 bits per heavy atom. The van der Waals surface area contributed by atoms with Crippen LogP contribution in [0.4, 0.5) is 0 Å². The van der Waals surface area contributed by atoms with Gasteiger partial charge in [-0.05, 0) is 25.1 Å². The van der Waals surface area contributed by atoms with E-state index in [-0.39, 0.29) is 6.10 Å². The standard InChI is InChI=1S/C11H13Cl2NO/c12-10-2-1-3-11(13)9(10)7-15-8-4-5-14-6-8/h1-3,8,14H,4-7H2/t8-/m1/s1. The Morgan fingerprint density at radius 2 is 2.07 bits per heavy atom. The molecule has 2 nitrogen and oxygen atoms in total. The molecule has 2 rings (SSSR count). The average molecular weight is 246 g/mol. The highest BCUT2D eigenvalue weighted by Crippen LogP contribution is 2.25. The number of nitrogens with one attached hydrogen (secondary N) is 1. The van der Waals surface area contributed by atoms with E-state index in [0.717, 1.165) is 25.1 Å². The van der Waals surface area contributed by atoms with E-state index < -0.39 is 0 Å². The topological polar surface area (TPSA) is 21.3 Å². The number of hydrogen-bond donors (Lipinski definition) is 1. The van der Waals surface area contributed by atoms with Crippen molar-refractivity contribution in [3.63, 3.8) is 0 Å². The quantitative estimate of drug-likeness (QED) is 0.885. The Hall–Kier alpha value is -0.280. The minimum atomic E-state index is 0.289. The second-order valence-electron chi connectivity index (χ2n) is 3.63. The maximum Gasteiger partial charge on any atom is 0.0750 e. The molecule has 1 aromatic rings. The van der Waals surface area contributed by atoms with Crippen molar-refractivity contribution in [2.45, 2.75) is 19.1 Å². The molecule has 15 heavy (non-hydrogen) atoms. The minimum Gasteiger partial charge on any atom is -0.372 e. The second-order valence-corrected chi connectivity index (χ2v) is 4.44. The van der Waals surface area contributed by atoms with Crippen molar-refractivity contribution in [1.29, 1.82) is 0 Å². The summed E-state index contributed by atoms with van der Waals surface area (Å²) in [5.41, 5.74) is 0.882. The van der Waals surface area contributed by atoms with E-state index in [1.807, 2.05) is 18.2 Å². The summed E-state index contributed by atoms with van der Waals surface area (Å²) < 4.78 is 5.72. The first-order valence-corrected chi connectivity index (χ1v) is 5.78. The van der Waals surface area contributed by atoms with Crippen LogP contribution in [0.15, 0.2) is 18.2 Å². The van der Waals surface area contributed by atoms with Crippen LogP contribution in [0.2, 0.25) is 10.0 Å². The van der Waals surface area contributed by atoms with E-state index in [1.165, 1.54) is 0 Å². The van der Waals surface area contributed by atoms with E-state index >= 15 is 0 Å². The molecule has 4 heteroatoms. The van der Waals surface area contributed by atoms with Crippen LogP contribution in [0.3, 0.4) is 0 Å². The van der Waals surface area contributed by atoms with Crippen molar-refractivity contribution >= 4 is 23.2 Å². The largest absolute Gasteiger partial charge is 0.372 e. The van der Waals surface area contributed by atoms with Gasteiger partial charge in [0.25, 0.3) is 0 Å².